The van der Waals surface area contributed by atoms with Crippen LogP contribution in [-0.2, 0) is 0 Å². The summed E-state index contributed by atoms with van der Waals surface area (Å²) < 4.78 is 5.52. The summed E-state index contributed by atoms with van der Waals surface area (Å²) in [5.41, 5.74) is 1.13. The van der Waals surface area contributed by atoms with Gasteiger partial charge in [-0.2, -0.15) is 0 Å². The van der Waals surface area contributed by atoms with E-state index >= 15 is 0 Å². The summed E-state index contributed by atoms with van der Waals surface area (Å²) in [5, 5.41) is 21.6. The van der Waals surface area contributed by atoms with Crippen LogP contribution in [0.5, 0.6) is 5.75 Å². The molecule has 3 rings (SSSR count). The molecule has 0 aliphatic carbocycles. The monoisotopic (exact) mass is 391 g/mol. The van der Waals surface area contributed by atoms with E-state index in [0.29, 0.717) is 12.3 Å². The van der Waals surface area contributed by atoms with Gasteiger partial charge in [-0.25, -0.2) is 0 Å². The van der Waals surface area contributed by atoms with Crippen molar-refractivity contribution in [3.8, 4) is 5.75 Å². The van der Waals surface area contributed by atoms with Crippen molar-refractivity contribution in [3.05, 3.63) is 63.7 Å². The van der Waals surface area contributed by atoms with Gasteiger partial charge in [0, 0.05) is 55.6 Å². The number of nitrogens with zero attached hydrogens (tertiary/aromatic N) is 3. The molecule has 1 aliphatic heterocycles. The SMILES string of the molecule is O=[N+]([O-])c1ccc(OCC(O)CN2CCN(c3cccc(Cl)c3)CC2)cc1. The number of anilines is 1. The van der Waals surface area contributed by atoms with E-state index < -0.39 is 11.0 Å². The molecule has 1 atom stereocenters. The van der Waals surface area contributed by atoms with Gasteiger partial charge in [-0.15, -0.1) is 0 Å². The Balaban J connectivity index is 1.41. The van der Waals surface area contributed by atoms with Gasteiger partial charge >= 0.3 is 0 Å². The highest BCUT2D eigenvalue weighted by atomic mass is 35.5. The Bertz CT molecular complexity index is 764. The minimum atomic E-state index is -0.627. The Morgan fingerprint density at radius 3 is 2.48 bits per heavy atom. The van der Waals surface area contributed by atoms with Gasteiger partial charge in [-0.3, -0.25) is 15.0 Å². The molecule has 27 heavy (non-hydrogen) atoms. The molecule has 8 heteroatoms. The molecule has 0 spiro atoms. The number of nitro groups is 1. The summed E-state index contributed by atoms with van der Waals surface area (Å²) in [6, 6.07) is 13.7. The lowest BCUT2D eigenvalue weighted by molar-refractivity contribution is -0.384. The molecule has 0 saturated carbocycles. The van der Waals surface area contributed by atoms with Crippen LogP contribution in [0.3, 0.4) is 0 Å². The number of non-ortho nitro benzene ring substituents is 1. The fourth-order valence-electron chi connectivity index (χ4n) is 3.07. The van der Waals surface area contributed by atoms with Gasteiger partial charge in [0.15, 0.2) is 0 Å². The predicted octanol–water partition coefficient (Wildman–Crippen LogP) is 2.81. The van der Waals surface area contributed by atoms with E-state index in [9.17, 15) is 15.2 Å². The Kier molecular flexibility index (Phi) is 6.49. The molecule has 2 aromatic carbocycles. The number of nitro benzene ring substituents is 1. The van der Waals surface area contributed by atoms with Crippen molar-refractivity contribution >= 4 is 23.0 Å². The van der Waals surface area contributed by atoms with E-state index in [-0.39, 0.29) is 12.3 Å². The number of halogens is 1. The molecule has 0 aromatic heterocycles. The van der Waals surface area contributed by atoms with Gasteiger partial charge in [0.25, 0.3) is 5.69 Å². The summed E-state index contributed by atoms with van der Waals surface area (Å²) in [4.78, 5) is 14.7. The van der Waals surface area contributed by atoms with Crippen LogP contribution in [0.4, 0.5) is 11.4 Å². The molecule has 144 valence electrons. The van der Waals surface area contributed by atoms with Gasteiger partial charge in [0.2, 0.25) is 0 Å². The lowest BCUT2D eigenvalue weighted by Gasteiger charge is -2.36. The Morgan fingerprint density at radius 1 is 1.15 bits per heavy atom. The molecule has 0 bridgehead atoms. The Morgan fingerprint density at radius 2 is 1.85 bits per heavy atom. The van der Waals surface area contributed by atoms with E-state index in [4.69, 9.17) is 16.3 Å². The Labute approximate surface area is 162 Å². The minimum Gasteiger partial charge on any atom is -0.491 e. The summed E-state index contributed by atoms with van der Waals surface area (Å²) >= 11 is 6.05. The highest BCUT2D eigenvalue weighted by molar-refractivity contribution is 6.30. The standard InChI is InChI=1S/C19H22ClN3O4/c20-15-2-1-3-17(12-15)22-10-8-21(9-11-22)13-18(24)14-27-19-6-4-16(5-7-19)23(25)26/h1-7,12,18,24H,8-11,13-14H2. The van der Waals surface area contributed by atoms with E-state index in [1.807, 2.05) is 18.2 Å². The van der Waals surface area contributed by atoms with E-state index in [1.165, 1.54) is 24.3 Å². The molecule has 2 aromatic rings. The second kappa shape index (κ2) is 9.03. The average Bonchev–Trinajstić information content (AvgIpc) is 2.67. The summed E-state index contributed by atoms with van der Waals surface area (Å²) in [6.07, 6.45) is -0.627. The van der Waals surface area contributed by atoms with Crippen LogP contribution in [0.2, 0.25) is 5.02 Å². The van der Waals surface area contributed by atoms with Crippen molar-refractivity contribution in [1.82, 2.24) is 4.90 Å². The second-order valence-electron chi connectivity index (χ2n) is 6.48. The molecule has 1 aliphatic rings. The van der Waals surface area contributed by atoms with Crippen LogP contribution >= 0.6 is 11.6 Å². The zero-order chi connectivity index (χ0) is 19.2. The van der Waals surface area contributed by atoms with Crippen molar-refractivity contribution in [2.24, 2.45) is 0 Å². The number of piperazine rings is 1. The fourth-order valence-corrected chi connectivity index (χ4v) is 3.25. The molecule has 7 nitrogen and oxygen atoms in total. The van der Waals surface area contributed by atoms with Crippen LogP contribution < -0.4 is 9.64 Å². The van der Waals surface area contributed by atoms with Crippen LogP contribution in [0, 0.1) is 10.1 Å². The molecule has 1 saturated heterocycles. The van der Waals surface area contributed by atoms with Gasteiger partial charge < -0.3 is 14.7 Å². The molecule has 0 radical (unpaired) electrons. The number of hydrogen-bond acceptors (Lipinski definition) is 6. The third kappa shape index (κ3) is 5.56. The Hall–Kier alpha value is -2.35. The van der Waals surface area contributed by atoms with Crippen LogP contribution in [0.1, 0.15) is 0 Å². The van der Waals surface area contributed by atoms with E-state index in [2.05, 4.69) is 15.9 Å². The maximum absolute atomic E-state index is 10.6. The lowest BCUT2D eigenvalue weighted by atomic mass is 10.2. The second-order valence-corrected chi connectivity index (χ2v) is 6.92. The number of aliphatic hydroxyl groups excluding tert-OH is 1. The number of hydrogen-bond donors (Lipinski definition) is 1. The highest BCUT2D eigenvalue weighted by Gasteiger charge is 2.20. The number of rotatable bonds is 7. The first-order valence-electron chi connectivity index (χ1n) is 8.79. The van der Waals surface area contributed by atoms with Gasteiger partial charge in [0.05, 0.1) is 4.92 Å². The van der Waals surface area contributed by atoms with Crippen LogP contribution in [0.15, 0.2) is 48.5 Å². The number of benzene rings is 2. The van der Waals surface area contributed by atoms with Gasteiger partial charge in [-0.05, 0) is 30.3 Å². The van der Waals surface area contributed by atoms with Crippen molar-refractivity contribution in [3.63, 3.8) is 0 Å². The van der Waals surface area contributed by atoms with Crippen LogP contribution in [0.25, 0.3) is 0 Å². The first-order valence-corrected chi connectivity index (χ1v) is 9.17. The quantitative estimate of drug-likeness (QED) is 0.577. The molecular formula is C19H22ClN3O4. The predicted molar refractivity (Wildman–Crippen MR) is 105 cm³/mol. The average molecular weight is 392 g/mol. The highest BCUT2D eigenvalue weighted by Crippen LogP contribution is 2.21. The largest absolute Gasteiger partial charge is 0.491 e. The molecule has 0 amide bonds. The maximum atomic E-state index is 10.6. The molecule has 1 fully saturated rings. The zero-order valence-electron chi connectivity index (χ0n) is 14.8. The fraction of sp³-hybridized carbons (Fsp3) is 0.368. The lowest BCUT2D eigenvalue weighted by Crippen LogP contribution is -2.49. The third-order valence-electron chi connectivity index (χ3n) is 4.50. The molecule has 1 unspecified atom stereocenters. The van der Waals surface area contributed by atoms with E-state index in [0.717, 1.165) is 36.9 Å². The van der Waals surface area contributed by atoms with Gasteiger partial charge in [0.1, 0.15) is 18.5 Å². The van der Waals surface area contributed by atoms with Crippen molar-refractivity contribution in [2.75, 3.05) is 44.2 Å². The topological polar surface area (TPSA) is 79.1 Å². The van der Waals surface area contributed by atoms with Crippen molar-refractivity contribution in [2.45, 2.75) is 6.10 Å². The molecule has 1 N–H and O–H groups in total. The number of aliphatic hydroxyl groups is 1. The molecular weight excluding hydrogens is 370 g/mol. The molecule has 1 heterocycles. The normalized spacial score (nSPS) is 16.1. The van der Waals surface area contributed by atoms with Gasteiger partial charge in [-0.1, -0.05) is 17.7 Å². The van der Waals surface area contributed by atoms with Crippen molar-refractivity contribution in [1.29, 1.82) is 0 Å². The number of β-amino-alcohol motifs (C(OH)–C–C–N with tert-alkyl or cyclic N) is 1. The maximum Gasteiger partial charge on any atom is 0.269 e. The summed E-state index contributed by atoms with van der Waals surface area (Å²) in [5.74, 6) is 0.505. The minimum absolute atomic E-state index is 0.0143. The third-order valence-corrected chi connectivity index (χ3v) is 4.74. The number of ether oxygens (including phenoxy) is 1. The van der Waals surface area contributed by atoms with E-state index in [1.54, 1.807) is 0 Å². The first kappa shape index (κ1) is 19.4. The summed E-state index contributed by atoms with van der Waals surface area (Å²) in [6.45, 7) is 4.11. The zero-order valence-corrected chi connectivity index (χ0v) is 15.6. The van der Waals surface area contributed by atoms with Crippen molar-refractivity contribution < 1.29 is 14.8 Å². The summed E-state index contributed by atoms with van der Waals surface area (Å²) in [7, 11) is 0. The smallest absolute Gasteiger partial charge is 0.269 e. The van der Waals surface area contributed by atoms with Crippen LogP contribution in [-0.4, -0.2) is 60.4 Å². The first-order chi connectivity index (χ1) is 13.0.